The third-order valence-electron chi connectivity index (χ3n) is 2.06. The topological polar surface area (TPSA) is 30.5 Å². The Bertz CT molecular complexity index is 263. The Morgan fingerprint density at radius 2 is 2.20 bits per heavy atom. The van der Waals surface area contributed by atoms with Crippen molar-refractivity contribution in [3.05, 3.63) is 16.3 Å². The zero-order valence-corrected chi connectivity index (χ0v) is 10.2. The number of hydrogen-bond donors (Lipinski definition) is 1. The number of aryl methyl sites for hydroxylation is 1. The highest BCUT2D eigenvalue weighted by molar-refractivity contribution is 7.10. The van der Waals surface area contributed by atoms with Crippen molar-refractivity contribution in [3.8, 4) is 0 Å². The van der Waals surface area contributed by atoms with E-state index in [0.29, 0.717) is 13.2 Å². The number of nitrogens with one attached hydrogen (secondary N) is 1. The van der Waals surface area contributed by atoms with Crippen molar-refractivity contribution in [2.45, 2.75) is 13.3 Å². The summed E-state index contributed by atoms with van der Waals surface area (Å²) < 4.78 is 10.2. The van der Waals surface area contributed by atoms with Crippen LogP contribution >= 0.6 is 11.3 Å². The Morgan fingerprint density at radius 3 is 2.93 bits per heavy atom. The molecular weight excluding hydrogens is 210 g/mol. The molecular formula is C11H19NO2S. The molecule has 3 nitrogen and oxygen atoms in total. The van der Waals surface area contributed by atoms with Gasteiger partial charge in [-0.1, -0.05) is 6.92 Å². The van der Waals surface area contributed by atoms with E-state index in [9.17, 15) is 0 Å². The molecule has 1 aromatic heterocycles. The van der Waals surface area contributed by atoms with Crippen LogP contribution in [-0.4, -0.2) is 33.5 Å². The molecule has 0 aliphatic rings. The zero-order valence-electron chi connectivity index (χ0n) is 9.41. The fourth-order valence-corrected chi connectivity index (χ4v) is 2.08. The number of thiophene rings is 1. The number of anilines is 1. The molecule has 0 aliphatic carbocycles. The van der Waals surface area contributed by atoms with Crippen molar-refractivity contribution >= 4 is 17.0 Å². The summed E-state index contributed by atoms with van der Waals surface area (Å²) in [5.41, 5.74) is 1.25. The second kappa shape index (κ2) is 7.68. The van der Waals surface area contributed by atoms with Crippen molar-refractivity contribution in [2.24, 2.45) is 0 Å². The van der Waals surface area contributed by atoms with E-state index in [1.807, 2.05) is 0 Å². The van der Waals surface area contributed by atoms with Crippen LogP contribution in [0.25, 0.3) is 0 Å². The normalized spacial score (nSPS) is 10.5. The van der Waals surface area contributed by atoms with E-state index in [4.69, 9.17) is 9.47 Å². The smallest absolute Gasteiger partial charge is 0.0701 e. The first-order chi connectivity index (χ1) is 7.38. The van der Waals surface area contributed by atoms with Gasteiger partial charge in [-0.25, -0.2) is 0 Å². The van der Waals surface area contributed by atoms with Crippen molar-refractivity contribution < 1.29 is 9.47 Å². The first-order valence-corrected chi connectivity index (χ1v) is 6.13. The van der Waals surface area contributed by atoms with Gasteiger partial charge in [0.05, 0.1) is 19.8 Å². The van der Waals surface area contributed by atoms with Gasteiger partial charge in [0.25, 0.3) is 0 Å². The molecule has 0 spiro atoms. The Labute approximate surface area is 95.4 Å². The van der Waals surface area contributed by atoms with Crippen LogP contribution in [0.5, 0.6) is 0 Å². The first kappa shape index (κ1) is 12.5. The maximum Gasteiger partial charge on any atom is 0.0701 e. The molecule has 0 aromatic carbocycles. The predicted molar refractivity (Wildman–Crippen MR) is 64.9 cm³/mol. The lowest BCUT2D eigenvalue weighted by Gasteiger charge is -2.07. The summed E-state index contributed by atoms with van der Waals surface area (Å²) in [5, 5.41) is 5.48. The summed E-state index contributed by atoms with van der Waals surface area (Å²) in [6, 6.07) is 2.12. The number of hydrogen-bond acceptors (Lipinski definition) is 4. The highest BCUT2D eigenvalue weighted by Crippen LogP contribution is 2.22. The SMILES string of the molecule is CCc1sccc1NCCOCCOC. The molecule has 86 valence electrons. The molecule has 0 fully saturated rings. The predicted octanol–water partition coefficient (Wildman–Crippen LogP) is 2.39. The Morgan fingerprint density at radius 1 is 1.33 bits per heavy atom. The Balaban J connectivity index is 2.09. The minimum absolute atomic E-state index is 0.665. The second-order valence-corrected chi connectivity index (χ2v) is 4.14. The fourth-order valence-electron chi connectivity index (χ4n) is 1.27. The highest BCUT2D eigenvalue weighted by atomic mass is 32.1. The third kappa shape index (κ3) is 4.64. The summed E-state index contributed by atoms with van der Waals surface area (Å²) in [4.78, 5) is 1.41. The summed E-state index contributed by atoms with van der Waals surface area (Å²) in [6.07, 6.45) is 1.09. The Hall–Kier alpha value is -0.580. The van der Waals surface area contributed by atoms with Gasteiger partial charge in [0.15, 0.2) is 0 Å². The number of rotatable bonds is 8. The molecule has 0 bridgehead atoms. The van der Waals surface area contributed by atoms with E-state index < -0.39 is 0 Å². The Kier molecular flexibility index (Phi) is 6.39. The fraction of sp³-hybridized carbons (Fsp3) is 0.636. The minimum atomic E-state index is 0.665. The van der Waals surface area contributed by atoms with Gasteiger partial charge in [-0.3, -0.25) is 0 Å². The zero-order chi connectivity index (χ0) is 10.9. The maximum absolute atomic E-state index is 5.36. The van der Waals surface area contributed by atoms with Gasteiger partial charge in [0.1, 0.15) is 0 Å². The third-order valence-corrected chi connectivity index (χ3v) is 3.13. The second-order valence-electron chi connectivity index (χ2n) is 3.14. The van der Waals surface area contributed by atoms with Gasteiger partial charge in [0.2, 0.25) is 0 Å². The molecule has 1 heterocycles. The molecule has 1 N–H and O–H groups in total. The van der Waals surface area contributed by atoms with Gasteiger partial charge in [-0.15, -0.1) is 11.3 Å². The van der Waals surface area contributed by atoms with Crippen molar-refractivity contribution in [2.75, 3.05) is 38.8 Å². The summed E-state index contributed by atoms with van der Waals surface area (Å²) >= 11 is 1.80. The van der Waals surface area contributed by atoms with Crippen LogP contribution in [0.15, 0.2) is 11.4 Å². The number of ether oxygens (including phenoxy) is 2. The van der Waals surface area contributed by atoms with Crippen LogP contribution < -0.4 is 5.32 Å². The van der Waals surface area contributed by atoms with Gasteiger partial charge >= 0.3 is 0 Å². The van der Waals surface area contributed by atoms with Crippen LogP contribution in [0.2, 0.25) is 0 Å². The lowest BCUT2D eigenvalue weighted by Crippen LogP contribution is -2.12. The largest absolute Gasteiger partial charge is 0.382 e. The molecule has 0 amide bonds. The number of methoxy groups -OCH3 is 1. The molecule has 1 rings (SSSR count). The molecule has 0 saturated carbocycles. The van der Waals surface area contributed by atoms with E-state index in [2.05, 4.69) is 23.7 Å². The summed E-state index contributed by atoms with van der Waals surface area (Å²) in [7, 11) is 1.68. The van der Waals surface area contributed by atoms with Crippen molar-refractivity contribution in [3.63, 3.8) is 0 Å². The van der Waals surface area contributed by atoms with Crippen LogP contribution in [0.4, 0.5) is 5.69 Å². The van der Waals surface area contributed by atoms with Gasteiger partial charge in [-0.05, 0) is 17.9 Å². The van der Waals surface area contributed by atoms with E-state index in [1.54, 1.807) is 18.4 Å². The molecule has 0 saturated heterocycles. The van der Waals surface area contributed by atoms with Crippen LogP contribution in [-0.2, 0) is 15.9 Å². The standard InChI is InChI=1S/C11H19NO2S/c1-3-11-10(4-9-15-11)12-5-6-14-8-7-13-2/h4,9,12H,3,5-8H2,1-2H3. The van der Waals surface area contributed by atoms with E-state index >= 15 is 0 Å². The quantitative estimate of drug-likeness (QED) is 0.694. The molecule has 0 unspecified atom stereocenters. The average molecular weight is 229 g/mol. The molecule has 0 atom stereocenters. The minimum Gasteiger partial charge on any atom is -0.382 e. The lowest BCUT2D eigenvalue weighted by molar-refractivity contribution is 0.0759. The maximum atomic E-state index is 5.36. The molecule has 0 radical (unpaired) electrons. The molecule has 1 aromatic rings. The molecule has 0 aliphatic heterocycles. The van der Waals surface area contributed by atoms with Gasteiger partial charge < -0.3 is 14.8 Å². The van der Waals surface area contributed by atoms with E-state index in [-0.39, 0.29) is 0 Å². The lowest BCUT2D eigenvalue weighted by atomic mass is 10.3. The van der Waals surface area contributed by atoms with Crippen molar-refractivity contribution in [1.29, 1.82) is 0 Å². The summed E-state index contributed by atoms with van der Waals surface area (Å²) in [5.74, 6) is 0. The van der Waals surface area contributed by atoms with Crippen molar-refractivity contribution in [1.82, 2.24) is 0 Å². The van der Waals surface area contributed by atoms with Crippen LogP contribution in [0.3, 0.4) is 0 Å². The molecule has 15 heavy (non-hydrogen) atoms. The average Bonchev–Trinajstić information content (AvgIpc) is 2.70. The van der Waals surface area contributed by atoms with Gasteiger partial charge in [0, 0.05) is 24.2 Å². The van der Waals surface area contributed by atoms with Crippen LogP contribution in [0.1, 0.15) is 11.8 Å². The first-order valence-electron chi connectivity index (χ1n) is 5.25. The summed E-state index contributed by atoms with van der Waals surface area (Å²) in [6.45, 7) is 5.09. The monoisotopic (exact) mass is 229 g/mol. The van der Waals surface area contributed by atoms with Gasteiger partial charge in [-0.2, -0.15) is 0 Å². The van der Waals surface area contributed by atoms with E-state index in [0.717, 1.165) is 19.6 Å². The van der Waals surface area contributed by atoms with E-state index in [1.165, 1.54) is 10.6 Å². The molecule has 4 heteroatoms. The highest BCUT2D eigenvalue weighted by Gasteiger charge is 2.00. The van der Waals surface area contributed by atoms with Crippen LogP contribution in [0, 0.1) is 0 Å².